The minimum absolute atomic E-state index is 0.231. The Morgan fingerprint density at radius 2 is 1.85 bits per heavy atom. The smallest absolute Gasteiger partial charge is 0.142 e. The van der Waals surface area contributed by atoms with E-state index in [1.807, 2.05) is 25.1 Å². The molecule has 0 amide bonds. The van der Waals surface area contributed by atoms with E-state index in [4.69, 9.17) is 9.47 Å². The molecule has 0 heterocycles. The van der Waals surface area contributed by atoms with Gasteiger partial charge in [-0.15, -0.1) is 0 Å². The van der Waals surface area contributed by atoms with Gasteiger partial charge in [0.15, 0.2) is 0 Å². The van der Waals surface area contributed by atoms with Gasteiger partial charge in [0.1, 0.15) is 17.3 Å². The number of hydrogen-bond acceptors (Lipinski definition) is 3. The van der Waals surface area contributed by atoms with Crippen molar-refractivity contribution in [2.24, 2.45) is 0 Å². The molecule has 0 aromatic heterocycles. The standard InChI is InChI=1S/C16H18FNO2/c1-11-4-5-13(17)8-12(11)10-18-15-9-14(19-2)6-7-16(15)20-3/h4-9,18H,10H2,1-3H3. The highest BCUT2D eigenvalue weighted by Crippen LogP contribution is 2.29. The van der Waals surface area contributed by atoms with Crippen molar-refractivity contribution in [2.45, 2.75) is 13.5 Å². The highest BCUT2D eigenvalue weighted by molar-refractivity contribution is 5.60. The van der Waals surface area contributed by atoms with E-state index >= 15 is 0 Å². The lowest BCUT2D eigenvalue weighted by Gasteiger charge is -2.13. The Bertz CT molecular complexity index is 599. The molecule has 0 saturated carbocycles. The molecule has 1 N–H and O–H groups in total. The van der Waals surface area contributed by atoms with Crippen LogP contribution in [0.2, 0.25) is 0 Å². The van der Waals surface area contributed by atoms with Crippen LogP contribution in [0.25, 0.3) is 0 Å². The number of halogens is 1. The largest absolute Gasteiger partial charge is 0.497 e. The minimum Gasteiger partial charge on any atom is -0.497 e. The number of ether oxygens (including phenoxy) is 2. The van der Waals surface area contributed by atoms with E-state index in [2.05, 4.69) is 5.32 Å². The van der Waals surface area contributed by atoms with Crippen LogP contribution < -0.4 is 14.8 Å². The quantitative estimate of drug-likeness (QED) is 0.901. The fourth-order valence-corrected chi connectivity index (χ4v) is 1.97. The van der Waals surface area contributed by atoms with E-state index in [0.29, 0.717) is 6.54 Å². The minimum atomic E-state index is -0.231. The summed E-state index contributed by atoms with van der Waals surface area (Å²) >= 11 is 0. The van der Waals surface area contributed by atoms with Crippen LogP contribution in [0.1, 0.15) is 11.1 Å². The molecule has 106 valence electrons. The summed E-state index contributed by atoms with van der Waals surface area (Å²) in [6.07, 6.45) is 0. The van der Waals surface area contributed by atoms with Crippen LogP contribution in [0.15, 0.2) is 36.4 Å². The third-order valence-electron chi connectivity index (χ3n) is 3.19. The number of aryl methyl sites for hydroxylation is 1. The lowest BCUT2D eigenvalue weighted by molar-refractivity contribution is 0.404. The van der Waals surface area contributed by atoms with Crippen LogP contribution in [0.4, 0.5) is 10.1 Å². The van der Waals surface area contributed by atoms with E-state index in [-0.39, 0.29) is 5.82 Å². The van der Waals surface area contributed by atoms with Gasteiger partial charge in [-0.1, -0.05) is 6.07 Å². The summed E-state index contributed by atoms with van der Waals surface area (Å²) in [6.45, 7) is 2.48. The molecule has 0 bridgehead atoms. The molecule has 0 fully saturated rings. The maximum absolute atomic E-state index is 13.3. The van der Waals surface area contributed by atoms with Crippen molar-refractivity contribution in [3.63, 3.8) is 0 Å². The third kappa shape index (κ3) is 3.20. The normalized spacial score (nSPS) is 10.2. The van der Waals surface area contributed by atoms with Gasteiger partial charge in [-0.2, -0.15) is 0 Å². The maximum Gasteiger partial charge on any atom is 0.142 e. The molecule has 2 aromatic rings. The van der Waals surface area contributed by atoms with Crippen molar-refractivity contribution < 1.29 is 13.9 Å². The summed E-state index contributed by atoms with van der Waals surface area (Å²) in [5.41, 5.74) is 2.77. The van der Waals surface area contributed by atoms with E-state index < -0.39 is 0 Å². The second-order valence-corrected chi connectivity index (χ2v) is 4.49. The first-order valence-electron chi connectivity index (χ1n) is 6.35. The summed E-state index contributed by atoms with van der Waals surface area (Å²) < 4.78 is 23.8. The first-order chi connectivity index (χ1) is 9.63. The zero-order valence-electron chi connectivity index (χ0n) is 11.9. The van der Waals surface area contributed by atoms with Gasteiger partial charge in [0.25, 0.3) is 0 Å². The first-order valence-corrected chi connectivity index (χ1v) is 6.35. The van der Waals surface area contributed by atoms with Crippen molar-refractivity contribution in [1.82, 2.24) is 0 Å². The van der Waals surface area contributed by atoms with Crippen LogP contribution in [0.5, 0.6) is 11.5 Å². The topological polar surface area (TPSA) is 30.5 Å². The second kappa shape index (κ2) is 6.28. The number of rotatable bonds is 5. The highest BCUT2D eigenvalue weighted by Gasteiger charge is 2.06. The Labute approximate surface area is 118 Å². The zero-order chi connectivity index (χ0) is 14.5. The highest BCUT2D eigenvalue weighted by atomic mass is 19.1. The van der Waals surface area contributed by atoms with Gasteiger partial charge < -0.3 is 14.8 Å². The summed E-state index contributed by atoms with van der Waals surface area (Å²) in [4.78, 5) is 0. The first kappa shape index (κ1) is 14.2. The molecule has 0 unspecified atom stereocenters. The van der Waals surface area contributed by atoms with Crippen LogP contribution >= 0.6 is 0 Å². The van der Waals surface area contributed by atoms with Gasteiger partial charge in [0.2, 0.25) is 0 Å². The number of nitrogens with one attached hydrogen (secondary N) is 1. The molecule has 0 aliphatic carbocycles. The fourth-order valence-electron chi connectivity index (χ4n) is 1.97. The fraction of sp³-hybridized carbons (Fsp3) is 0.250. The van der Waals surface area contributed by atoms with E-state index in [0.717, 1.165) is 28.3 Å². The molecule has 0 atom stereocenters. The van der Waals surface area contributed by atoms with Gasteiger partial charge in [-0.05, 0) is 42.3 Å². The molecule has 0 radical (unpaired) electrons. The maximum atomic E-state index is 13.3. The van der Waals surface area contributed by atoms with Gasteiger partial charge in [-0.25, -0.2) is 4.39 Å². The molecular weight excluding hydrogens is 257 g/mol. The summed E-state index contributed by atoms with van der Waals surface area (Å²) in [5.74, 6) is 1.23. The molecule has 2 rings (SSSR count). The Kier molecular flexibility index (Phi) is 4.45. The Hall–Kier alpha value is -2.23. The third-order valence-corrected chi connectivity index (χ3v) is 3.19. The molecule has 2 aromatic carbocycles. The van der Waals surface area contributed by atoms with Crippen molar-refractivity contribution in [1.29, 1.82) is 0 Å². The van der Waals surface area contributed by atoms with E-state index in [1.54, 1.807) is 20.3 Å². The molecule has 0 aliphatic rings. The van der Waals surface area contributed by atoms with Gasteiger partial charge in [0.05, 0.1) is 19.9 Å². The number of hydrogen-bond donors (Lipinski definition) is 1. The Morgan fingerprint density at radius 3 is 2.55 bits per heavy atom. The SMILES string of the molecule is COc1ccc(OC)c(NCc2cc(F)ccc2C)c1. The average molecular weight is 275 g/mol. The molecule has 0 aliphatic heterocycles. The average Bonchev–Trinajstić information content (AvgIpc) is 2.47. The number of anilines is 1. The molecule has 0 spiro atoms. The van der Waals surface area contributed by atoms with Crippen LogP contribution in [-0.4, -0.2) is 14.2 Å². The lowest BCUT2D eigenvalue weighted by atomic mass is 10.1. The predicted octanol–water partition coefficient (Wildman–Crippen LogP) is 3.76. The van der Waals surface area contributed by atoms with Crippen LogP contribution in [0.3, 0.4) is 0 Å². The van der Waals surface area contributed by atoms with Gasteiger partial charge >= 0.3 is 0 Å². The summed E-state index contributed by atoms with van der Waals surface area (Å²) in [5, 5.41) is 3.25. The van der Waals surface area contributed by atoms with Gasteiger partial charge in [-0.3, -0.25) is 0 Å². The number of benzene rings is 2. The van der Waals surface area contributed by atoms with E-state index in [9.17, 15) is 4.39 Å². The number of methoxy groups -OCH3 is 2. The predicted molar refractivity (Wildman–Crippen MR) is 78.0 cm³/mol. The molecule has 3 nitrogen and oxygen atoms in total. The second-order valence-electron chi connectivity index (χ2n) is 4.49. The zero-order valence-corrected chi connectivity index (χ0v) is 11.9. The Morgan fingerprint density at radius 1 is 1.05 bits per heavy atom. The van der Waals surface area contributed by atoms with Crippen molar-refractivity contribution in [3.05, 3.63) is 53.3 Å². The van der Waals surface area contributed by atoms with E-state index in [1.165, 1.54) is 12.1 Å². The Balaban J connectivity index is 2.19. The monoisotopic (exact) mass is 275 g/mol. The summed E-state index contributed by atoms with van der Waals surface area (Å²) in [7, 11) is 3.22. The van der Waals surface area contributed by atoms with Crippen LogP contribution in [-0.2, 0) is 6.54 Å². The molecule has 0 saturated heterocycles. The molecule has 20 heavy (non-hydrogen) atoms. The summed E-state index contributed by atoms with van der Waals surface area (Å²) in [6, 6.07) is 10.3. The lowest BCUT2D eigenvalue weighted by Crippen LogP contribution is -2.03. The molecular formula is C16H18FNO2. The van der Waals surface area contributed by atoms with Crippen molar-refractivity contribution in [2.75, 3.05) is 19.5 Å². The van der Waals surface area contributed by atoms with Crippen molar-refractivity contribution in [3.8, 4) is 11.5 Å². The van der Waals surface area contributed by atoms with Crippen molar-refractivity contribution >= 4 is 5.69 Å². The molecule has 4 heteroatoms. The van der Waals surface area contributed by atoms with Crippen LogP contribution in [0, 0.1) is 12.7 Å². The van der Waals surface area contributed by atoms with Gasteiger partial charge in [0, 0.05) is 12.6 Å².